The normalized spacial score (nSPS) is 10.2. The number of halogens is 3. The van der Waals surface area contributed by atoms with Crippen LogP contribution in [-0.4, -0.2) is 31.4 Å². The van der Waals surface area contributed by atoms with Crippen molar-refractivity contribution < 1.29 is 18.0 Å². The first-order valence-corrected chi connectivity index (χ1v) is 5.00. The maximum atomic E-state index is 13.1. The van der Waals surface area contributed by atoms with Crippen LogP contribution in [0.1, 0.15) is 6.42 Å². The van der Waals surface area contributed by atoms with Gasteiger partial charge in [0.1, 0.15) is 5.82 Å². The Morgan fingerprint density at radius 2 is 1.76 bits per heavy atom. The van der Waals surface area contributed by atoms with Crippen molar-refractivity contribution in [3.05, 3.63) is 29.6 Å². The maximum Gasteiger partial charge on any atom is 0.223 e. The maximum absolute atomic E-state index is 13.1. The van der Waals surface area contributed by atoms with E-state index in [9.17, 15) is 18.0 Å². The van der Waals surface area contributed by atoms with Crippen molar-refractivity contribution in [3.63, 3.8) is 0 Å². The molecule has 1 rings (SSSR count). The minimum absolute atomic E-state index is 0.138. The second-order valence-electron chi connectivity index (χ2n) is 3.71. The molecule has 0 atom stereocenters. The highest BCUT2D eigenvalue weighted by Crippen LogP contribution is 2.18. The van der Waals surface area contributed by atoms with Crippen LogP contribution in [0.25, 0.3) is 0 Å². The second-order valence-corrected chi connectivity index (χ2v) is 3.71. The third kappa shape index (κ3) is 3.65. The molecule has 1 N–H and O–H groups in total. The average Bonchev–Trinajstić information content (AvgIpc) is 2.25. The number of carbonyl (C=O) groups is 1. The standard InChI is InChI=1S/C11H13F3N2O/c1-16(2)11(17)3-4-15-10-6-8(13)7(12)5-9(10)14/h5-6,15H,3-4H2,1-2H3. The molecule has 0 saturated heterocycles. The molecule has 0 fully saturated rings. The van der Waals surface area contributed by atoms with Crippen molar-refractivity contribution in [2.75, 3.05) is 26.0 Å². The van der Waals surface area contributed by atoms with E-state index in [2.05, 4.69) is 5.32 Å². The molecule has 3 nitrogen and oxygen atoms in total. The van der Waals surface area contributed by atoms with Crippen LogP contribution in [-0.2, 0) is 4.79 Å². The first-order chi connectivity index (χ1) is 7.91. The number of hydrogen-bond acceptors (Lipinski definition) is 2. The Kier molecular flexibility index (Phi) is 4.37. The van der Waals surface area contributed by atoms with Gasteiger partial charge in [0.15, 0.2) is 11.6 Å². The van der Waals surface area contributed by atoms with E-state index in [0.29, 0.717) is 6.07 Å². The Morgan fingerprint density at radius 1 is 1.18 bits per heavy atom. The lowest BCUT2D eigenvalue weighted by atomic mass is 10.2. The van der Waals surface area contributed by atoms with Crippen LogP contribution >= 0.6 is 0 Å². The number of benzene rings is 1. The summed E-state index contributed by atoms with van der Waals surface area (Å²) in [6.07, 6.45) is 0.144. The predicted octanol–water partition coefficient (Wildman–Crippen LogP) is 1.99. The number of nitrogens with one attached hydrogen (secondary N) is 1. The lowest BCUT2D eigenvalue weighted by Gasteiger charge is -2.11. The van der Waals surface area contributed by atoms with E-state index < -0.39 is 17.5 Å². The fraction of sp³-hybridized carbons (Fsp3) is 0.364. The first-order valence-electron chi connectivity index (χ1n) is 5.00. The number of amides is 1. The number of nitrogens with zero attached hydrogens (tertiary/aromatic N) is 1. The molecule has 6 heteroatoms. The molecule has 0 bridgehead atoms. The molecule has 0 spiro atoms. The van der Waals surface area contributed by atoms with E-state index in [-0.39, 0.29) is 24.6 Å². The highest BCUT2D eigenvalue weighted by Gasteiger charge is 2.10. The Bertz CT molecular complexity index is 421. The molecule has 94 valence electrons. The summed E-state index contributed by atoms with van der Waals surface area (Å²) >= 11 is 0. The van der Waals surface area contributed by atoms with Gasteiger partial charge in [-0.3, -0.25) is 4.79 Å². The summed E-state index contributed by atoms with van der Waals surface area (Å²) in [5.41, 5.74) is -0.157. The van der Waals surface area contributed by atoms with Crippen molar-refractivity contribution in [3.8, 4) is 0 Å². The second kappa shape index (κ2) is 5.56. The third-order valence-electron chi connectivity index (χ3n) is 2.16. The number of rotatable bonds is 4. The summed E-state index contributed by atoms with van der Waals surface area (Å²) < 4.78 is 38.6. The Labute approximate surface area is 97.2 Å². The zero-order valence-electron chi connectivity index (χ0n) is 9.56. The van der Waals surface area contributed by atoms with Crippen molar-refractivity contribution in [1.29, 1.82) is 0 Å². The molecule has 0 aromatic heterocycles. The fourth-order valence-electron chi connectivity index (χ4n) is 1.19. The van der Waals surface area contributed by atoms with Gasteiger partial charge in [-0.1, -0.05) is 0 Å². The summed E-state index contributed by atoms with van der Waals surface area (Å²) in [7, 11) is 3.20. The van der Waals surface area contributed by atoms with Crippen molar-refractivity contribution >= 4 is 11.6 Å². The zero-order valence-corrected chi connectivity index (χ0v) is 9.56. The molecule has 0 unspecified atom stereocenters. The van der Waals surface area contributed by atoms with Gasteiger partial charge in [-0.05, 0) is 0 Å². The molecule has 0 saturated carbocycles. The summed E-state index contributed by atoms with van der Waals surface area (Å²) in [5.74, 6) is -3.40. The Hall–Kier alpha value is -1.72. The minimum Gasteiger partial charge on any atom is -0.382 e. The largest absolute Gasteiger partial charge is 0.382 e. The van der Waals surface area contributed by atoms with Gasteiger partial charge in [-0.25, -0.2) is 13.2 Å². The van der Waals surface area contributed by atoms with E-state index in [1.165, 1.54) is 4.90 Å². The number of carbonyl (C=O) groups excluding carboxylic acids is 1. The van der Waals surface area contributed by atoms with Gasteiger partial charge in [-0.15, -0.1) is 0 Å². The molecule has 0 aliphatic rings. The van der Waals surface area contributed by atoms with Crippen molar-refractivity contribution in [2.24, 2.45) is 0 Å². The lowest BCUT2D eigenvalue weighted by molar-refractivity contribution is -0.128. The average molecular weight is 246 g/mol. The van der Waals surface area contributed by atoms with Gasteiger partial charge in [0.05, 0.1) is 5.69 Å². The molecule has 1 aromatic carbocycles. The highest BCUT2D eigenvalue weighted by atomic mass is 19.2. The van der Waals surface area contributed by atoms with E-state index in [4.69, 9.17) is 0 Å². The van der Waals surface area contributed by atoms with Gasteiger partial charge in [0.2, 0.25) is 5.91 Å². The predicted molar refractivity (Wildman–Crippen MR) is 58.1 cm³/mol. The van der Waals surface area contributed by atoms with Gasteiger partial charge in [0.25, 0.3) is 0 Å². The van der Waals surface area contributed by atoms with Crippen molar-refractivity contribution in [2.45, 2.75) is 6.42 Å². The minimum atomic E-state index is -1.24. The molecule has 17 heavy (non-hydrogen) atoms. The van der Waals surface area contributed by atoms with Gasteiger partial charge < -0.3 is 10.2 Å². The molecular formula is C11H13F3N2O. The lowest BCUT2D eigenvalue weighted by Crippen LogP contribution is -2.24. The molecule has 0 radical (unpaired) electrons. The van der Waals surface area contributed by atoms with Gasteiger partial charge in [0, 0.05) is 39.2 Å². The zero-order chi connectivity index (χ0) is 13.0. The Morgan fingerprint density at radius 3 is 2.35 bits per heavy atom. The van der Waals surface area contributed by atoms with Crippen LogP contribution in [0.15, 0.2) is 12.1 Å². The molecule has 1 amide bonds. The van der Waals surface area contributed by atoms with Crippen LogP contribution in [0.4, 0.5) is 18.9 Å². The van der Waals surface area contributed by atoms with Gasteiger partial charge in [-0.2, -0.15) is 0 Å². The van der Waals surface area contributed by atoms with Gasteiger partial charge >= 0.3 is 0 Å². The first kappa shape index (κ1) is 13.3. The third-order valence-corrected chi connectivity index (χ3v) is 2.16. The summed E-state index contributed by atoms with van der Waals surface area (Å²) in [6.45, 7) is 0.152. The number of hydrogen-bond donors (Lipinski definition) is 1. The molecule has 1 aromatic rings. The van der Waals surface area contributed by atoms with E-state index in [1.54, 1.807) is 14.1 Å². The summed E-state index contributed by atoms with van der Waals surface area (Å²) in [6, 6.07) is 1.19. The molecule has 0 aliphatic heterocycles. The van der Waals surface area contributed by atoms with E-state index in [0.717, 1.165) is 6.07 Å². The molecule has 0 aliphatic carbocycles. The molecular weight excluding hydrogens is 233 g/mol. The topological polar surface area (TPSA) is 32.3 Å². The Balaban J connectivity index is 2.58. The van der Waals surface area contributed by atoms with Crippen molar-refractivity contribution in [1.82, 2.24) is 4.90 Å². The van der Waals surface area contributed by atoms with Crippen LogP contribution in [0.5, 0.6) is 0 Å². The molecule has 0 heterocycles. The SMILES string of the molecule is CN(C)C(=O)CCNc1cc(F)c(F)cc1F. The quantitative estimate of drug-likeness (QED) is 0.824. The van der Waals surface area contributed by atoms with Crippen LogP contribution in [0, 0.1) is 17.5 Å². The number of anilines is 1. The van der Waals surface area contributed by atoms with Crippen LogP contribution in [0.2, 0.25) is 0 Å². The highest BCUT2D eigenvalue weighted by molar-refractivity contribution is 5.76. The monoisotopic (exact) mass is 246 g/mol. The summed E-state index contributed by atoms with van der Waals surface area (Å²) in [5, 5.41) is 2.54. The smallest absolute Gasteiger partial charge is 0.223 e. The van der Waals surface area contributed by atoms with Crippen LogP contribution < -0.4 is 5.32 Å². The summed E-state index contributed by atoms with van der Waals surface area (Å²) in [4.78, 5) is 12.6. The van der Waals surface area contributed by atoms with Crippen LogP contribution in [0.3, 0.4) is 0 Å². The fourth-order valence-corrected chi connectivity index (χ4v) is 1.19. The van der Waals surface area contributed by atoms with E-state index >= 15 is 0 Å². The van der Waals surface area contributed by atoms with E-state index in [1.807, 2.05) is 0 Å².